The van der Waals surface area contributed by atoms with Crippen LogP contribution in [0.1, 0.15) is 18.7 Å². The van der Waals surface area contributed by atoms with Crippen LogP contribution in [0.4, 0.5) is 0 Å². The van der Waals surface area contributed by atoms with Crippen molar-refractivity contribution in [2.75, 3.05) is 0 Å². The van der Waals surface area contributed by atoms with Gasteiger partial charge in [-0.2, -0.15) is 9.78 Å². The number of nitrogens with two attached hydrogens (primary N) is 1. The summed E-state index contributed by atoms with van der Waals surface area (Å²) < 4.78 is 3.29. The van der Waals surface area contributed by atoms with E-state index < -0.39 is 0 Å². The highest BCUT2D eigenvalue weighted by atomic mass is 15.5. The zero-order valence-corrected chi connectivity index (χ0v) is 11.2. The lowest BCUT2D eigenvalue weighted by Crippen LogP contribution is -2.10. The molecule has 2 N–H and O–H groups in total. The Kier molecular flexibility index (Phi) is 2.99. The lowest BCUT2D eigenvalue weighted by Gasteiger charge is -2.07. The maximum atomic E-state index is 5.90. The predicted molar refractivity (Wildman–Crippen MR) is 71.8 cm³/mol. The normalized spacial score (nSPS) is 12.6. The summed E-state index contributed by atoms with van der Waals surface area (Å²) >= 11 is 0. The number of rotatable bonds is 3. The van der Waals surface area contributed by atoms with Gasteiger partial charge < -0.3 is 5.73 Å². The molecule has 0 saturated heterocycles. The van der Waals surface area contributed by atoms with E-state index in [1.165, 1.54) is 0 Å². The van der Waals surface area contributed by atoms with Gasteiger partial charge in [0.15, 0.2) is 5.82 Å². The van der Waals surface area contributed by atoms with Crippen molar-refractivity contribution >= 4 is 0 Å². The number of hydrogen-bond donors (Lipinski definition) is 1. The fraction of sp³-hybridized carbons (Fsp3) is 0.250. The van der Waals surface area contributed by atoms with E-state index in [1.807, 2.05) is 26.2 Å². The van der Waals surface area contributed by atoms with Gasteiger partial charge >= 0.3 is 0 Å². The maximum absolute atomic E-state index is 5.90. The fourth-order valence-electron chi connectivity index (χ4n) is 1.89. The first-order valence-corrected chi connectivity index (χ1v) is 6.14. The summed E-state index contributed by atoms with van der Waals surface area (Å²) in [6, 6.07) is 1.63. The van der Waals surface area contributed by atoms with Crippen molar-refractivity contribution in [2.24, 2.45) is 12.8 Å². The molecule has 3 heterocycles. The summed E-state index contributed by atoms with van der Waals surface area (Å²) in [5, 5.41) is 12.4. The van der Waals surface area contributed by atoms with E-state index in [9.17, 15) is 0 Å². The van der Waals surface area contributed by atoms with E-state index in [0.29, 0.717) is 22.9 Å². The summed E-state index contributed by atoms with van der Waals surface area (Å²) in [5.41, 5.74) is 7.86. The van der Waals surface area contributed by atoms with Crippen LogP contribution >= 0.6 is 0 Å². The lowest BCUT2D eigenvalue weighted by molar-refractivity contribution is 0.715. The van der Waals surface area contributed by atoms with Crippen LogP contribution in [0.3, 0.4) is 0 Å². The molecule has 0 spiro atoms. The Balaban J connectivity index is 2.02. The Bertz CT molecular complexity index is 726. The van der Waals surface area contributed by atoms with Gasteiger partial charge in [-0.05, 0) is 6.92 Å². The molecule has 0 saturated carbocycles. The van der Waals surface area contributed by atoms with Crippen molar-refractivity contribution in [3.05, 3.63) is 36.5 Å². The van der Waals surface area contributed by atoms with Crippen molar-refractivity contribution < 1.29 is 0 Å². The van der Waals surface area contributed by atoms with Gasteiger partial charge in [0, 0.05) is 37.7 Å². The van der Waals surface area contributed by atoms with Crippen LogP contribution in [0.2, 0.25) is 0 Å². The molecule has 0 bridgehead atoms. The Morgan fingerprint density at radius 2 is 2.05 bits per heavy atom. The average molecular weight is 270 g/mol. The molecule has 0 fully saturated rings. The SMILES string of the molecule is CC(N)c1nccnc1-c1cn(-c2ccn(C)n2)nn1. The third-order valence-corrected chi connectivity index (χ3v) is 2.83. The summed E-state index contributed by atoms with van der Waals surface area (Å²) in [7, 11) is 1.85. The Morgan fingerprint density at radius 1 is 1.25 bits per heavy atom. The number of hydrogen-bond acceptors (Lipinski definition) is 6. The molecule has 1 unspecified atom stereocenters. The number of nitrogens with zero attached hydrogens (tertiary/aromatic N) is 7. The van der Waals surface area contributed by atoms with Gasteiger partial charge in [0.25, 0.3) is 0 Å². The average Bonchev–Trinajstić information content (AvgIpc) is 3.07. The van der Waals surface area contributed by atoms with Crippen LogP contribution < -0.4 is 5.73 Å². The van der Waals surface area contributed by atoms with Gasteiger partial charge in [-0.15, -0.1) is 5.10 Å². The van der Waals surface area contributed by atoms with Crippen molar-refractivity contribution in [3.8, 4) is 17.2 Å². The minimum absolute atomic E-state index is 0.223. The minimum atomic E-state index is -0.223. The van der Waals surface area contributed by atoms with Crippen LogP contribution in [0.5, 0.6) is 0 Å². The van der Waals surface area contributed by atoms with Crippen molar-refractivity contribution in [1.29, 1.82) is 0 Å². The molecule has 3 rings (SSSR count). The van der Waals surface area contributed by atoms with Gasteiger partial charge in [0.2, 0.25) is 0 Å². The second-order valence-electron chi connectivity index (χ2n) is 4.47. The molecule has 0 aliphatic rings. The van der Waals surface area contributed by atoms with Crippen LogP contribution in [-0.2, 0) is 7.05 Å². The van der Waals surface area contributed by atoms with Crippen LogP contribution in [0.25, 0.3) is 17.2 Å². The third-order valence-electron chi connectivity index (χ3n) is 2.83. The summed E-state index contributed by atoms with van der Waals surface area (Å²) in [5.74, 6) is 0.692. The highest BCUT2D eigenvalue weighted by Crippen LogP contribution is 2.21. The molecule has 8 nitrogen and oxygen atoms in total. The molecule has 102 valence electrons. The van der Waals surface area contributed by atoms with E-state index in [0.717, 1.165) is 0 Å². The van der Waals surface area contributed by atoms with E-state index in [1.54, 1.807) is 28.0 Å². The van der Waals surface area contributed by atoms with Gasteiger partial charge in [-0.1, -0.05) is 5.21 Å². The molecule has 0 radical (unpaired) electrons. The third kappa shape index (κ3) is 2.16. The highest BCUT2D eigenvalue weighted by Gasteiger charge is 2.15. The molecule has 20 heavy (non-hydrogen) atoms. The van der Waals surface area contributed by atoms with Gasteiger partial charge in [0.05, 0.1) is 11.9 Å². The highest BCUT2D eigenvalue weighted by molar-refractivity contribution is 5.56. The molecule has 0 aliphatic carbocycles. The molecule has 0 aromatic carbocycles. The van der Waals surface area contributed by atoms with E-state index in [-0.39, 0.29) is 6.04 Å². The van der Waals surface area contributed by atoms with Gasteiger partial charge in [-0.3, -0.25) is 14.6 Å². The maximum Gasteiger partial charge on any atom is 0.176 e. The van der Waals surface area contributed by atoms with Crippen molar-refractivity contribution in [3.63, 3.8) is 0 Å². The van der Waals surface area contributed by atoms with E-state index in [2.05, 4.69) is 25.4 Å². The topological polar surface area (TPSA) is 100 Å². The van der Waals surface area contributed by atoms with Gasteiger partial charge in [0.1, 0.15) is 11.4 Å². The molecule has 3 aromatic heterocycles. The number of aromatic nitrogens is 7. The van der Waals surface area contributed by atoms with Crippen LogP contribution in [-0.4, -0.2) is 34.7 Å². The molecule has 0 aliphatic heterocycles. The second-order valence-corrected chi connectivity index (χ2v) is 4.47. The van der Waals surface area contributed by atoms with E-state index in [4.69, 9.17) is 5.73 Å². The first-order valence-electron chi connectivity index (χ1n) is 6.14. The molecule has 3 aromatic rings. The first kappa shape index (κ1) is 12.4. The summed E-state index contributed by atoms with van der Waals surface area (Å²) in [6.45, 7) is 1.86. The van der Waals surface area contributed by atoms with Crippen LogP contribution in [0, 0.1) is 0 Å². The largest absolute Gasteiger partial charge is 0.323 e. The van der Waals surface area contributed by atoms with Crippen LogP contribution in [0.15, 0.2) is 30.9 Å². The number of aryl methyl sites for hydroxylation is 1. The molecule has 0 amide bonds. The molecule has 8 heteroatoms. The smallest absolute Gasteiger partial charge is 0.176 e. The zero-order valence-electron chi connectivity index (χ0n) is 11.2. The summed E-state index contributed by atoms with van der Waals surface area (Å²) in [6.07, 6.45) is 6.83. The molecule has 1 atom stereocenters. The zero-order chi connectivity index (χ0) is 14.1. The first-order chi connectivity index (χ1) is 9.65. The standard InChI is InChI=1S/C12H14N8/c1-8(13)11-12(15-5-4-14-11)9-7-20(18-16-9)10-3-6-19(2)17-10/h3-8H,13H2,1-2H3. The fourth-order valence-corrected chi connectivity index (χ4v) is 1.89. The quantitative estimate of drug-likeness (QED) is 0.742. The van der Waals surface area contributed by atoms with Crippen molar-refractivity contribution in [1.82, 2.24) is 34.7 Å². The predicted octanol–water partition coefficient (Wildman–Crippen LogP) is 0.477. The van der Waals surface area contributed by atoms with E-state index >= 15 is 0 Å². The molecular weight excluding hydrogens is 256 g/mol. The Hall–Kier alpha value is -2.61. The Morgan fingerprint density at radius 3 is 2.75 bits per heavy atom. The second kappa shape index (κ2) is 4.82. The minimum Gasteiger partial charge on any atom is -0.323 e. The Labute approximate surface area is 115 Å². The van der Waals surface area contributed by atoms with Gasteiger partial charge in [-0.25, -0.2) is 0 Å². The summed E-state index contributed by atoms with van der Waals surface area (Å²) in [4.78, 5) is 8.55. The monoisotopic (exact) mass is 270 g/mol. The van der Waals surface area contributed by atoms with Crippen molar-refractivity contribution in [2.45, 2.75) is 13.0 Å². The molecular formula is C12H14N8. The lowest BCUT2D eigenvalue weighted by atomic mass is 10.1.